The molecule has 0 saturated carbocycles. The number of aliphatic carboxylic acids is 1. The first-order valence-electron chi connectivity index (χ1n) is 6.89. The van der Waals surface area contributed by atoms with E-state index in [0.29, 0.717) is 18.9 Å². The zero-order chi connectivity index (χ0) is 15.3. The summed E-state index contributed by atoms with van der Waals surface area (Å²) in [6, 6.07) is 5.99. The van der Waals surface area contributed by atoms with Gasteiger partial charge in [-0.1, -0.05) is 29.8 Å². The molecule has 0 aliphatic carbocycles. The van der Waals surface area contributed by atoms with Gasteiger partial charge in [0.1, 0.15) is 5.75 Å². The molecule has 0 heterocycles. The molecule has 0 spiro atoms. The summed E-state index contributed by atoms with van der Waals surface area (Å²) in [5.74, 6) is 0.512. The Morgan fingerprint density at radius 3 is 2.60 bits per heavy atom. The van der Waals surface area contributed by atoms with Gasteiger partial charge in [0.2, 0.25) is 0 Å². The quantitative estimate of drug-likeness (QED) is 0.721. The van der Waals surface area contributed by atoms with Gasteiger partial charge in [-0.05, 0) is 56.4 Å². The van der Waals surface area contributed by atoms with Crippen molar-refractivity contribution in [1.29, 1.82) is 0 Å². The normalized spacial score (nSPS) is 11.7. The maximum atomic E-state index is 11.0. The minimum atomic E-state index is -0.760. The third-order valence-electron chi connectivity index (χ3n) is 3.38. The molecule has 3 nitrogen and oxygen atoms in total. The number of carboxylic acids is 1. The number of ether oxygens (including phenoxy) is 1. The second-order valence-electron chi connectivity index (χ2n) is 5.98. The summed E-state index contributed by atoms with van der Waals surface area (Å²) >= 11 is 3.47. The predicted molar refractivity (Wildman–Crippen MR) is 84.4 cm³/mol. The van der Waals surface area contributed by atoms with E-state index in [1.807, 2.05) is 12.1 Å². The van der Waals surface area contributed by atoms with E-state index in [1.54, 1.807) is 13.8 Å². The molecule has 1 N–H and O–H groups in total. The molecule has 112 valence electrons. The molecule has 1 aromatic carbocycles. The van der Waals surface area contributed by atoms with Crippen molar-refractivity contribution in [3.05, 3.63) is 28.2 Å². The van der Waals surface area contributed by atoms with Crippen LogP contribution in [0.5, 0.6) is 5.75 Å². The third kappa shape index (κ3) is 4.82. The Labute approximate surface area is 129 Å². The van der Waals surface area contributed by atoms with Crippen LogP contribution in [-0.2, 0) is 4.79 Å². The van der Waals surface area contributed by atoms with Crippen molar-refractivity contribution in [2.75, 3.05) is 6.61 Å². The van der Waals surface area contributed by atoms with Crippen molar-refractivity contribution in [1.82, 2.24) is 0 Å². The molecule has 1 rings (SSSR count). The summed E-state index contributed by atoms with van der Waals surface area (Å²) < 4.78 is 6.86. The summed E-state index contributed by atoms with van der Waals surface area (Å²) in [6.07, 6.45) is 1.34. The van der Waals surface area contributed by atoms with Gasteiger partial charge >= 0.3 is 5.97 Å². The van der Waals surface area contributed by atoms with Crippen LogP contribution in [0.2, 0.25) is 0 Å². The second kappa shape index (κ2) is 7.11. The summed E-state index contributed by atoms with van der Waals surface area (Å²) in [7, 11) is 0. The van der Waals surface area contributed by atoms with E-state index in [2.05, 4.69) is 35.8 Å². The van der Waals surface area contributed by atoms with Gasteiger partial charge in [0.05, 0.1) is 12.0 Å². The number of hydrogen-bond acceptors (Lipinski definition) is 2. The number of halogens is 1. The van der Waals surface area contributed by atoms with E-state index in [1.165, 1.54) is 0 Å². The minimum absolute atomic E-state index is 0.387. The smallest absolute Gasteiger partial charge is 0.309 e. The van der Waals surface area contributed by atoms with Gasteiger partial charge < -0.3 is 9.84 Å². The number of rotatable bonds is 7. The molecular formula is C16H23BrO3. The van der Waals surface area contributed by atoms with Crippen LogP contribution < -0.4 is 4.74 Å². The van der Waals surface area contributed by atoms with E-state index in [-0.39, 0.29) is 0 Å². The van der Waals surface area contributed by atoms with Crippen molar-refractivity contribution in [3.63, 3.8) is 0 Å². The summed E-state index contributed by atoms with van der Waals surface area (Å²) in [6.45, 7) is 8.28. The Bertz CT molecular complexity index is 467. The molecule has 0 fully saturated rings. The van der Waals surface area contributed by atoms with Crippen molar-refractivity contribution >= 4 is 21.9 Å². The van der Waals surface area contributed by atoms with Gasteiger partial charge in [0.15, 0.2) is 0 Å². The van der Waals surface area contributed by atoms with Crippen LogP contribution in [0.15, 0.2) is 22.7 Å². The SMILES string of the molecule is CC(C)c1cc(Br)ccc1OCCCC(C)(C)C(=O)O. The molecule has 4 heteroatoms. The molecule has 0 radical (unpaired) electrons. The molecule has 0 aliphatic heterocycles. The van der Waals surface area contributed by atoms with Crippen LogP contribution in [0.1, 0.15) is 52.0 Å². The summed E-state index contributed by atoms with van der Waals surface area (Å²) in [5, 5.41) is 9.06. The lowest BCUT2D eigenvalue weighted by molar-refractivity contribution is -0.147. The van der Waals surface area contributed by atoms with Crippen LogP contribution in [-0.4, -0.2) is 17.7 Å². The fourth-order valence-corrected chi connectivity index (χ4v) is 2.28. The molecule has 0 aliphatic rings. The monoisotopic (exact) mass is 342 g/mol. The highest BCUT2D eigenvalue weighted by molar-refractivity contribution is 9.10. The van der Waals surface area contributed by atoms with Crippen LogP contribution >= 0.6 is 15.9 Å². The van der Waals surface area contributed by atoms with Crippen LogP contribution in [0.3, 0.4) is 0 Å². The first-order chi connectivity index (χ1) is 9.24. The lowest BCUT2D eigenvalue weighted by atomic mass is 9.88. The van der Waals surface area contributed by atoms with Gasteiger partial charge in [-0.2, -0.15) is 0 Å². The minimum Gasteiger partial charge on any atom is -0.493 e. The number of hydrogen-bond donors (Lipinski definition) is 1. The largest absolute Gasteiger partial charge is 0.493 e. The van der Waals surface area contributed by atoms with Gasteiger partial charge in [-0.15, -0.1) is 0 Å². The van der Waals surface area contributed by atoms with Crippen molar-refractivity contribution in [3.8, 4) is 5.75 Å². The first-order valence-corrected chi connectivity index (χ1v) is 7.69. The van der Waals surface area contributed by atoms with E-state index in [4.69, 9.17) is 9.84 Å². The summed E-state index contributed by atoms with van der Waals surface area (Å²) in [5.41, 5.74) is 0.473. The van der Waals surface area contributed by atoms with Crippen molar-refractivity contribution in [2.45, 2.75) is 46.5 Å². The maximum absolute atomic E-state index is 11.0. The Hall–Kier alpha value is -1.03. The third-order valence-corrected chi connectivity index (χ3v) is 3.87. The lowest BCUT2D eigenvalue weighted by Gasteiger charge is -2.19. The topological polar surface area (TPSA) is 46.5 Å². The van der Waals surface area contributed by atoms with Gasteiger partial charge in [-0.25, -0.2) is 0 Å². The lowest BCUT2D eigenvalue weighted by Crippen LogP contribution is -2.24. The Morgan fingerprint density at radius 1 is 1.40 bits per heavy atom. The molecule has 1 aromatic rings. The zero-order valence-electron chi connectivity index (χ0n) is 12.6. The number of carboxylic acid groups (broad SMARTS) is 1. The highest BCUT2D eigenvalue weighted by Crippen LogP contribution is 2.30. The standard InChI is InChI=1S/C16H23BrO3/c1-11(2)13-10-12(17)6-7-14(13)20-9-5-8-16(3,4)15(18)19/h6-7,10-11H,5,8-9H2,1-4H3,(H,18,19). The average molecular weight is 343 g/mol. The predicted octanol–water partition coefficient (Wildman–Crippen LogP) is 4.84. The maximum Gasteiger partial charge on any atom is 0.309 e. The molecular weight excluding hydrogens is 320 g/mol. The van der Waals surface area contributed by atoms with Gasteiger partial charge in [0, 0.05) is 4.47 Å². The molecule has 0 aromatic heterocycles. The van der Waals surface area contributed by atoms with Crippen LogP contribution in [0, 0.1) is 5.41 Å². The molecule has 0 atom stereocenters. The fourth-order valence-electron chi connectivity index (χ4n) is 1.91. The second-order valence-corrected chi connectivity index (χ2v) is 6.89. The highest BCUT2D eigenvalue weighted by atomic mass is 79.9. The Morgan fingerprint density at radius 2 is 2.05 bits per heavy atom. The van der Waals surface area contributed by atoms with E-state index in [0.717, 1.165) is 22.2 Å². The molecule has 0 amide bonds. The van der Waals surface area contributed by atoms with E-state index < -0.39 is 11.4 Å². The number of benzene rings is 1. The highest BCUT2D eigenvalue weighted by Gasteiger charge is 2.26. The van der Waals surface area contributed by atoms with Crippen LogP contribution in [0.4, 0.5) is 0 Å². The zero-order valence-corrected chi connectivity index (χ0v) is 14.2. The average Bonchev–Trinajstić information content (AvgIpc) is 2.35. The number of carbonyl (C=O) groups is 1. The van der Waals surface area contributed by atoms with E-state index >= 15 is 0 Å². The molecule has 20 heavy (non-hydrogen) atoms. The van der Waals surface area contributed by atoms with Gasteiger partial charge in [0.25, 0.3) is 0 Å². The first kappa shape index (κ1) is 17.0. The Balaban J connectivity index is 2.57. The molecule has 0 bridgehead atoms. The molecule has 0 unspecified atom stereocenters. The van der Waals surface area contributed by atoms with Crippen molar-refractivity contribution < 1.29 is 14.6 Å². The van der Waals surface area contributed by atoms with E-state index in [9.17, 15) is 4.79 Å². The summed E-state index contributed by atoms with van der Waals surface area (Å²) in [4.78, 5) is 11.0. The fraction of sp³-hybridized carbons (Fsp3) is 0.562. The Kier molecular flexibility index (Phi) is 6.06. The van der Waals surface area contributed by atoms with Gasteiger partial charge in [-0.3, -0.25) is 4.79 Å². The van der Waals surface area contributed by atoms with Crippen molar-refractivity contribution in [2.24, 2.45) is 5.41 Å². The van der Waals surface area contributed by atoms with Crippen LogP contribution in [0.25, 0.3) is 0 Å². The molecule has 0 saturated heterocycles.